The molecule has 1 aromatic carbocycles. The maximum Gasteiger partial charge on any atom is 0.231 e. The molecule has 0 aliphatic carbocycles. The van der Waals surface area contributed by atoms with Gasteiger partial charge in [-0.1, -0.05) is 0 Å². The van der Waals surface area contributed by atoms with Crippen LogP contribution in [-0.2, 0) is 0 Å². The first-order chi connectivity index (χ1) is 6.66. The number of nitrogens with two attached hydrogens (primary N) is 1. The van der Waals surface area contributed by atoms with E-state index in [1.165, 1.54) is 7.11 Å². The molecule has 0 amide bonds. The van der Waals surface area contributed by atoms with Gasteiger partial charge in [0.25, 0.3) is 0 Å². The summed E-state index contributed by atoms with van der Waals surface area (Å²) in [6.45, 7) is -0.0664. The van der Waals surface area contributed by atoms with Crippen molar-refractivity contribution in [2.45, 2.75) is 0 Å². The van der Waals surface area contributed by atoms with Gasteiger partial charge in [0.15, 0.2) is 11.5 Å². The Kier molecular flexibility index (Phi) is 1.70. The number of nitrogen functional groups attached to an aromatic ring is 1. The summed E-state index contributed by atoms with van der Waals surface area (Å²) in [7, 11) is 1.33. The second-order valence-electron chi connectivity index (χ2n) is 2.71. The third-order valence-corrected chi connectivity index (χ3v) is 1.96. The molecular formula is C8H9NO5. The van der Waals surface area contributed by atoms with Gasteiger partial charge in [0.1, 0.15) is 5.69 Å². The lowest BCUT2D eigenvalue weighted by Crippen LogP contribution is -1.94. The molecular weight excluding hydrogens is 190 g/mol. The maximum atomic E-state index is 9.59. The summed E-state index contributed by atoms with van der Waals surface area (Å²) < 4.78 is 14.7. The lowest BCUT2D eigenvalue weighted by atomic mass is 10.2. The van der Waals surface area contributed by atoms with Crippen LogP contribution in [0.4, 0.5) is 5.69 Å². The molecule has 0 fully saturated rings. The Balaban J connectivity index is 2.73. The standard InChI is InChI=1S/C8H9NO5/c1-12-6-3(9)4(10)7-8(5(6)11)14-2-13-7/h10-11H,2,9H2,1H3. The van der Waals surface area contributed by atoms with Crippen LogP contribution in [0.2, 0.25) is 0 Å². The fraction of sp³-hybridized carbons (Fsp3) is 0.250. The fourth-order valence-corrected chi connectivity index (χ4v) is 1.30. The minimum absolute atomic E-state index is 0.0215. The molecule has 0 spiro atoms. The average molecular weight is 199 g/mol. The number of phenolic OH excluding ortho intramolecular Hbond substituents is 2. The van der Waals surface area contributed by atoms with Gasteiger partial charge < -0.3 is 30.2 Å². The number of methoxy groups -OCH3 is 1. The Morgan fingerprint density at radius 3 is 2.36 bits per heavy atom. The fourth-order valence-electron chi connectivity index (χ4n) is 1.30. The highest BCUT2D eigenvalue weighted by Gasteiger charge is 2.29. The molecule has 14 heavy (non-hydrogen) atoms. The second-order valence-corrected chi connectivity index (χ2v) is 2.71. The van der Waals surface area contributed by atoms with Gasteiger partial charge in [-0.25, -0.2) is 0 Å². The number of phenols is 2. The number of aromatic hydroxyl groups is 2. The Morgan fingerprint density at radius 2 is 1.79 bits per heavy atom. The van der Waals surface area contributed by atoms with Gasteiger partial charge in [-0.2, -0.15) is 0 Å². The van der Waals surface area contributed by atoms with E-state index in [0.717, 1.165) is 0 Å². The molecule has 0 radical (unpaired) electrons. The van der Waals surface area contributed by atoms with E-state index in [1.54, 1.807) is 0 Å². The van der Waals surface area contributed by atoms with Crippen LogP contribution >= 0.6 is 0 Å². The summed E-state index contributed by atoms with van der Waals surface area (Å²) in [5.74, 6) is -0.483. The van der Waals surface area contributed by atoms with Gasteiger partial charge in [-0.05, 0) is 0 Å². The SMILES string of the molecule is COc1c(N)c(O)c2c(c1O)OCO2. The highest BCUT2D eigenvalue weighted by atomic mass is 16.7. The van der Waals surface area contributed by atoms with E-state index >= 15 is 0 Å². The van der Waals surface area contributed by atoms with E-state index in [4.69, 9.17) is 19.9 Å². The van der Waals surface area contributed by atoms with Crippen molar-refractivity contribution in [3.05, 3.63) is 0 Å². The molecule has 0 aromatic heterocycles. The molecule has 1 aliphatic rings. The number of hydrogen-bond donors (Lipinski definition) is 3. The first kappa shape index (κ1) is 8.61. The number of hydrogen-bond acceptors (Lipinski definition) is 6. The van der Waals surface area contributed by atoms with Gasteiger partial charge in [0.2, 0.25) is 24.0 Å². The third kappa shape index (κ3) is 0.905. The van der Waals surface area contributed by atoms with Gasteiger partial charge in [-0.3, -0.25) is 0 Å². The lowest BCUT2D eigenvalue weighted by molar-refractivity contribution is 0.169. The molecule has 6 nitrogen and oxygen atoms in total. The van der Waals surface area contributed by atoms with Crippen LogP contribution in [0.5, 0.6) is 28.7 Å². The number of benzene rings is 1. The summed E-state index contributed by atoms with van der Waals surface area (Å²) in [6.07, 6.45) is 0. The molecule has 0 unspecified atom stereocenters. The molecule has 0 bridgehead atoms. The highest BCUT2D eigenvalue weighted by Crippen LogP contribution is 2.55. The summed E-state index contributed by atoms with van der Waals surface area (Å²) in [5.41, 5.74) is 5.42. The van der Waals surface area contributed by atoms with Crippen molar-refractivity contribution in [1.82, 2.24) is 0 Å². The van der Waals surface area contributed by atoms with Crippen LogP contribution < -0.4 is 19.9 Å². The summed E-state index contributed by atoms with van der Waals surface area (Å²) >= 11 is 0. The average Bonchev–Trinajstić information content (AvgIpc) is 2.64. The van der Waals surface area contributed by atoms with Crippen molar-refractivity contribution in [1.29, 1.82) is 0 Å². The Morgan fingerprint density at radius 1 is 1.21 bits per heavy atom. The topological polar surface area (TPSA) is 94.2 Å². The number of rotatable bonds is 1. The van der Waals surface area contributed by atoms with Gasteiger partial charge >= 0.3 is 0 Å². The first-order valence-electron chi connectivity index (χ1n) is 3.83. The van der Waals surface area contributed by atoms with Crippen molar-refractivity contribution in [3.8, 4) is 28.7 Å². The minimum atomic E-state index is -0.285. The third-order valence-electron chi connectivity index (χ3n) is 1.96. The van der Waals surface area contributed by atoms with E-state index in [0.29, 0.717) is 0 Å². The smallest absolute Gasteiger partial charge is 0.231 e. The van der Waals surface area contributed by atoms with Gasteiger partial charge in [0, 0.05) is 0 Å². The molecule has 0 atom stereocenters. The Bertz CT molecular complexity index is 383. The summed E-state index contributed by atoms with van der Waals surface area (Å²) in [5, 5.41) is 19.1. The quantitative estimate of drug-likeness (QED) is 0.344. The zero-order valence-corrected chi connectivity index (χ0v) is 7.40. The normalized spacial score (nSPS) is 12.9. The predicted octanol–water partition coefficient (Wildman–Crippen LogP) is 0.417. The molecule has 1 heterocycles. The van der Waals surface area contributed by atoms with E-state index in [1.807, 2.05) is 0 Å². The monoisotopic (exact) mass is 199 g/mol. The zero-order valence-electron chi connectivity index (χ0n) is 7.40. The van der Waals surface area contributed by atoms with Crippen molar-refractivity contribution in [2.24, 2.45) is 0 Å². The van der Waals surface area contributed by atoms with Crippen molar-refractivity contribution < 1.29 is 24.4 Å². The molecule has 0 saturated carbocycles. The van der Waals surface area contributed by atoms with E-state index in [2.05, 4.69) is 0 Å². The van der Waals surface area contributed by atoms with Crippen LogP contribution in [0.25, 0.3) is 0 Å². The Labute approximate surface area is 79.4 Å². The number of anilines is 1. The molecule has 1 aliphatic heterocycles. The second kappa shape index (κ2) is 2.76. The van der Waals surface area contributed by atoms with E-state index < -0.39 is 0 Å². The van der Waals surface area contributed by atoms with Crippen LogP contribution in [0, 0.1) is 0 Å². The van der Waals surface area contributed by atoms with Gasteiger partial charge in [-0.15, -0.1) is 0 Å². The van der Waals surface area contributed by atoms with E-state index in [-0.39, 0.29) is 41.2 Å². The Hall–Kier alpha value is -1.98. The zero-order chi connectivity index (χ0) is 10.3. The lowest BCUT2D eigenvalue weighted by Gasteiger charge is -2.10. The van der Waals surface area contributed by atoms with Crippen molar-refractivity contribution in [2.75, 3.05) is 19.6 Å². The largest absolute Gasteiger partial charge is 0.503 e. The maximum absolute atomic E-state index is 9.59. The minimum Gasteiger partial charge on any atom is -0.503 e. The molecule has 76 valence electrons. The highest BCUT2D eigenvalue weighted by molar-refractivity contribution is 5.79. The van der Waals surface area contributed by atoms with Crippen molar-refractivity contribution >= 4 is 5.69 Å². The molecule has 2 rings (SSSR count). The summed E-state index contributed by atoms with van der Waals surface area (Å²) in [6, 6.07) is 0. The number of ether oxygens (including phenoxy) is 3. The summed E-state index contributed by atoms with van der Waals surface area (Å²) in [4.78, 5) is 0. The number of fused-ring (bicyclic) bond motifs is 1. The van der Waals surface area contributed by atoms with Crippen LogP contribution in [-0.4, -0.2) is 24.1 Å². The predicted molar refractivity (Wildman–Crippen MR) is 46.9 cm³/mol. The van der Waals surface area contributed by atoms with E-state index in [9.17, 15) is 10.2 Å². The first-order valence-corrected chi connectivity index (χ1v) is 3.83. The molecule has 1 aromatic rings. The molecule has 6 heteroatoms. The van der Waals surface area contributed by atoms with Crippen LogP contribution in [0.1, 0.15) is 0 Å². The van der Waals surface area contributed by atoms with Crippen molar-refractivity contribution in [3.63, 3.8) is 0 Å². The molecule has 0 saturated heterocycles. The molecule has 4 N–H and O–H groups in total. The van der Waals surface area contributed by atoms with Gasteiger partial charge in [0.05, 0.1) is 7.11 Å². The van der Waals surface area contributed by atoms with Crippen LogP contribution in [0.15, 0.2) is 0 Å². The van der Waals surface area contributed by atoms with Crippen LogP contribution in [0.3, 0.4) is 0 Å².